The summed E-state index contributed by atoms with van der Waals surface area (Å²) in [6.07, 6.45) is 1.05. The summed E-state index contributed by atoms with van der Waals surface area (Å²) in [5, 5.41) is 5.05. The van der Waals surface area contributed by atoms with Crippen LogP contribution >= 0.6 is 0 Å². The summed E-state index contributed by atoms with van der Waals surface area (Å²) in [5.74, 6) is -0.336. The molecular formula is C20H24N2O3. The molecule has 1 aliphatic heterocycles. The van der Waals surface area contributed by atoms with E-state index in [1.165, 1.54) is 0 Å². The molecule has 1 fully saturated rings. The van der Waals surface area contributed by atoms with Crippen LogP contribution in [0.25, 0.3) is 10.8 Å². The Bertz CT molecular complexity index is 754. The number of fused-ring (bicyclic) bond motifs is 1. The third-order valence-corrected chi connectivity index (χ3v) is 4.52. The first-order chi connectivity index (χ1) is 12.2. The van der Waals surface area contributed by atoms with Gasteiger partial charge < -0.3 is 15.0 Å². The van der Waals surface area contributed by atoms with Gasteiger partial charge in [0, 0.05) is 38.1 Å². The van der Waals surface area contributed by atoms with E-state index >= 15 is 0 Å². The van der Waals surface area contributed by atoms with Crippen molar-refractivity contribution in [1.29, 1.82) is 0 Å². The van der Waals surface area contributed by atoms with Crippen LogP contribution in [-0.4, -0.2) is 38.1 Å². The SMILES string of the molecule is CCOCCCNC(=O)C1CC(=O)N(c2cccc3ccccc23)C1. The molecule has 5 nitrogen and oxygen atoms in total. The van der Waals surface area contributed by atoms with Gasteiger partial charge in [0.1, 0.15) is 0 Å². The fraction of sp³-hybridized carbons (Fsp3) is 0.400. The second-order valence-electron chi connectivity index (χ2n) is 6.25. The zero-order chi connectivity index (χ0) is 17.6. The highest BCUT2D eigenvalue weighted by Gasteiger charge is 2.35. The van der Waals surface area contributed by atoms with Crippen molar-refractivity contribution in [2.45, 2.75) is 19.8 Å². The number of amides is 2. The Morgan fingerprint density at radius 1 is 1.24 bits per heavy atom. The minimum Gasteiger partial charge on any atom is -0.382 e. The number of ether oxygens (including phenoxy) is 1. The quantitative estimate of drug-likeness (QED) is 0.789. The lowest BCUT2D eigenvalue weighted by molar-refractivity contribution is -0.126. The maximum absolute atomic E-state index is 12.5. The molecule has 0 aromatic heterocycles. The van der Waals surface area contributed by atoms with Crippen LogP contribution in [0.4, 0.5) is 5.69 Å². The molecule has 3 rings (SSSR count). The van der Waals surface area contributed by atoms with Crippen LogP contribution in [0, 0.1) is 5.92 Å². The molecule has 132 valence electrons. The summed E-state index contributed by atoms with van der Waals surface area (Å²) in [6, 6.07) is 13.9. The predicted molar refractivity (Wildman–Crippen MR) is 98.5 cm³/mol. The van der Waals surface area contributed by atoms with Gasteiger partial charge in [-0.05, 0) is 24.8 Å². The first-order valence-electron chi connectivity index (χ1n) is 8.84. The lowest BCUT2D eigenvalue weighted by Gasteiger charge is -2.19. The first-order valence-corrected chi connectivity index (χ1v) is 8.84. The molecule has 0 spiro atoms. The van der Waals surface area contributed by atoms with Gasteiger partial charge in [0.05, 0.1) is 11.6 Å². The van der Waals surface area contributed by atoms with Crippen molar-refractivity contribution in [3.05, 3.63) is 42.5 Å². The maximum atomic E-state index is 12.5. The Morgan fingerprint density at radius 2 is 2.04 bits per heavy atom. The van der Waals surface area contributed by atoms with E-state index in [1.807, 2.05) is 49.4 Å². The Hall–Kier alpha value is -2.40. The number of rotatable bonds is 7. The molecular weight excluding hydrogens is 316 g/mol. The molecule has 0 radical (unpaired) electrons. The molecule has 1 N–H and O–H groups in total. The predicted octanol–water partition coefficient (Wildman–Crippen LogP) is 2.74. The van der Waals surface area contributed by atoms with Gasteiger partial charge >= 0.3 is 0 Å². The van der Waals surface area contributed by atoms with E-state index < -0.39 is 0 Å². The van der Waals surface area contributed by atoms with Gasteiger partial charge in [-0.15, -0.1) is 0 Å². The van der Waals surface area contributed by atoms with Gasteiger partial charge in [0.15, 0.2) is 0 Å². The molecule has 2 aromatic rings. The van der Waals surface area contributed by atoms with Crippen LogP contribution in [-0.2, 0) is 14.3 Å². The molecule has 1 atom stereocenters. The lowest BCUT2D eigenvalue weighted by atomic mass is 10.1. The van der Waals surface area contributed by atoms with E-state index in [0.29, 0.717) is 26.3 Å². The van der Waals surface area contributed by atoms with Crippen molar-refractivity contribution in [2.24, 2.45) is 5.92 Å². The normalized spacial score (nSPS) is 17.2. The van der Waals surface area contributed by atoms with Crippen molar-refractivity contribution >= 4 is 28.3 Å². The van der Waals surface area contributed by atoms with Gasteiger partial charge in [-0.3, -0.25) is 9.59 Å². The zero-order valence-electron chi connectivity index (χ0n) is 14.5. The number of carbonyl (C=O) groups is 2. The maximum Gasteiger partial charge on any atom is 0.227 e. The van der Waals surface area contributed by atoms with Crippen LogP contribution in [0.2, 0.25) is 0 Å². The molecule has 0 saturated carbocycles. The van der Waals surface area contributed by atoms with Crippen molar-refractivity contribution in [3.8, 4) is 0 Å². The number of nitrogens with zero attached hydrogens (tertiary/aromatic N) is 1. The molecule has 0 aliphatic carbocycles. The van der Waals surface area contributed by atoms with E-state index in [2.05, 4.69) is 5.32 Å². The number of hydrogen-bond donors (Lipinski definition) is 1. The third-order valence-electron chi connectivity index (χ3n) is 4.52. The fourth-order valence-corrected chi connectivity index (χ4v) is 3.23. The minimum absolute atomic E-state index is 0.00539. The summed E-state index contributed by atoms with van der Waals surface area (Å²) in [5.41, 5.74) is 0.884. The fourth-order valence-electron chi connectivity index (χ4n) is 3.23. The van der Waals surface area contributed by atoms with Gasteiger partial charge in [-0.1, -0.05) is 36.4 Å². The van der Waals surface area contributed by atoms with E-state index in [4.69, 9.17) is 4.74 Å². The van der Waals surface area contributed by atoms with E-state index in [1.54, 1.807) is 4.90 Å². The topological polar surface area (TPSA) is 58.6 Å². The Kier molecular flexibility index (Phi) is 5.66. The monoisotopic (exact) mass is 340 g/mol. The number of anilines is 1. The van der Waals surface area contributed by atoms with Crippen molar-refractivity contribution in [1.82, 2.24) is 5.32 Å². The van der Waals surface area contributed by atoms with Crippen molar-refractivity contribution in [3.63, 3.8) is 0 Å². The van der Waals surface area contributed by atoms with Crippen LogP contribution in [0.15, 0.2) is 42.5 Å². The van der Waals surface area contributed by atoms with Gasteiger partial charge in [0.2, 0.25) is 11.8 Å². The summed E-state index contributed by atoms with van der Waals surface area (Å²) in [4.78, 5) is 26.6. The van der Waals surface area contributed by atoms with Crippen LogP contribution in [0.5, 0.6) is 0 Å². The Balaban J connectivity index is 1.65. The number of nitrogens with one attached hydrogen (secondary N) is 1. The van der Waals surface area contributed by atoms with E-state index in [-0.39, 0.29) is 24.2 Å². The van der Waals surface area contributed by atoms with Gasteiger partial charge in [0.25, 0.3) is 0 Å². The second-order valence-corrected chi connectivity index (χ2v) is 6.25. The molecule has 0 bridgehead atoms. The molecule has 1 aliphatic rings. The van der Waals surface area contributed by atoms with Gasteiger partial charge in [-0.25, -0.2) is 0 Å². The van der Waals surface area contributed by atoms with E-state index in [9.17, 15) is 9.59 Å². The lowest BCUT2D eigenvalue weighted by Crippen LogP contribution is -2.33. The number of benzene rings is 2. The largest absolute Gasteiger partial charge is 0.382 e. The molecule has 1 unspecified atom stereocenters. The van der Waals surface area contributed by atoms with Crippen molar-refractivity contribution in [2.75, 3.05) is 31.2 Å². The summed E-state index contributed by atoms with van der Waals surface area (Å²) in [7, 11) is 0. The van der Waals surface area contributed by atoms with E-state index in [0.717, 1.165) is 22.9 Å². The molecule has 2 amide bonds. The number of carbonyl (C=O) groups excluding carboxylic acids is 2. The average molecular weight is 340 g/mol. The van der Waals surface area contributed by atoms with Crippen LogP contribution in [0.3, 0.4) is 0 Å². The second kappa shape index (κ2) is 8.12. The highest BCUT2D eigenvalue weighted by Crippen LogP contribution is 2.31. The Morgan fingerprint density at radius 3 is 2.88 bits per heavy atom. The zero-order valence-corrected chi connectivity index (χ0v) is 14.5. The minimum atomic E-state index is -0.293. The third kappa shape index (κ3) is 3.99. The van der Waals surface area contributed by atoms with Crippen molar-refractivity contribution < 1.29 is 14.3 Å². The van der Waals surface area contributed by atoms with Crippen LogP contribution < -0.4 is 10.2 Å². The molecule has 1 saturated heterocycles. The molecule has 5 heteroatoms. The smallest absolute Gasteiger partial charge is 0.227 e. The molecule has 25 heavy (non-hydrogen) atoms. The highest BCUT2D eigenvalue weighted by molar-refractivity contribution is 6.06. The number of hydrogen-bond acceptors (Lipinski definition) is 3. The first kappa shape index (κ1) is 17.4. The summed E-state index contributed by atoms with van der Waals surface area (Å²) >= 11 is 0. The summed E-state index contributed by atoms with van der Waals surface area (Å²) < 4.78 is 5.26. The Labute approximate surface area is 148 Å². The van der Waals surface area contributed by atoms with Gasteiger partial charge in [-0.2, -0.15) is 0 Å². The highest BCUT2D eigenvalue weighted by atomic mass is 16.5. The average Bonchev–Trinajstić information content (AvgIpc) is 3.02. The molecule has 1 heterocycles. The summed E-state index contributed by atoms with van der Waals surface area (Å²) in [6.45, 7) is 4.29. The molecule has 2 aromatic carbocycles. The van der Waals surface area contributed by atoms with Crippen LogP contribution in [0.1, 0.15) is 19.8 Å². The standard InChI is InChI=1S/C20H24N2O3/c1-2-25-12-6-11-21-20(24)16-13-19(23)22(14-16)18-10-5-8-15-7-3-4-9-17(15)18/h3-5,7-10,16H,2,6,11-14H2,1H3,(H,21,24).